The minimum Gasteiger partial charge on any atom is -0.399 e. The molecule has 1 aliphatic heterocycles. The van der Waals surface area contributed by atoms with Crippen LogP contribution in [0, 0.1) is 0 Å². The van der Waals surface area contributed by atoms with Crippen LogP contribution in [0.4, 0.5) is 8.78 Å². The Morgan fingerprint density at radius 1 is 1.20 bits per heavy atom. The monoisotopic (exact) mass is 286 g/mol. The third-order valence-electron chi connectivity index (χ3n) is 4.24. The van der Waals surface area contributed by atoms with Crippen molar-refractivity contribution in [2.75, 3.05) is 0 Å². The molecule has 0 saturated carbocycles. The summed E-state index contributed by atoms with van der Waals surface area (Å²) in [6, 6.07) is 0. The molecule has 1 aliphatic rings. The van der Waals surface area contributed by atoms with Crippen molar-refractivity contribution in [3.05, 3.63) is 11.4 Å². The van der Waals surface area contributed by atoms with Crippen LogP contribution in [0.25, 0.3) is 0 Å². The van der Waals surface area contributed by atoms with Gasteiger partial charge in [0.25, 0.3) is 6.43 Å². The Morgan fingerprint density at radius 2 is 1.70 bits per heavy atom. The number of rotatable bonds is 3. The van der Waals surface area contributed by atoms with Crippen molar-refractivity contribution in [1.82, 2.24) is 9.78 Å². The average molecular weight is 286 g/mol. The van der Waals surface area contributed by atoms with E-state index in [1.165, 1.54) is 11.7 Å². The summed E-state index contributed by atoms with van der Waals surface area (Å²) in [7, 11) is 0.725. The summed E-state index contributed by atoms with van der Waals surface area (Å²) in [5.41, 5.74) is -0.263. The van der Waals surface area contributed by atoms with Crippen molar-refractivity contribution in [3.63, 3.8) is 0 Å². The van der Waals surface area contributed by atoms with Crippen molar-refractivity contribution >= 4 is 12.6 Å². The molecular weight excluding hydrogens is 265 g/mol. The lowest BCUT2D eigenvalue weighted by Crippen LogP contribution is -2.41. The maximum Gasteiger partial charge on any atom is 0.498 e. The number of halogens is 2. The molecule has 0 spiro atoms. The zero-order chi connectivity index (χ0) is 15.3. The fourth-order valence-corrected chi connectivity index (χ4v) is 2.35. The molecule has 2 rings (SSSR count). The van der Waals surface area contributed by atoms with Gasteiger partial charge in [0.15, 0.2) is 0 Å². The minimum atomic E-state index is -2.61. The SMILES string of the molecule is CCc1nn(C)c(C(F)F)c1B1OC(C)(C)C(C)(C)O1. The Kier molecular flexibility index (Phi) is 3.71. The summed E-state index contributed by atoms with van der Waals surface area (Å²) in [6.45, 7) is 9.48. The molecule has 1 saturated heterocycles. The van der Waals surface area contributed by atoms with Crippen LogP contribution in [0.3, 0.4) is 0 Å². The molecule has 0 unspecified atom stereocenters. The van der Waals surface area contributed by atoms with Crippen LogP contribution in [0.1, 0.15) is 52.4 Å². The maximum absolute atomic E-state index is 13.3. The van der Waals surface area contributed by atoms with Gasteiger partial charge in [0.05, 0.1) is 16.9 Å². The van der Waals surface area contributed by atoms with Crippen LogP contribution in [-0.2, 0) is 22.8 Å². The van der Waals surface area contributed by atoms with E-state index in [9.17, 15) is 8.78 Å². The second kappa shape index (κ2) is 4.81. The standard InChI is InChI=1S/C13H21BF2N2O2/c1-7-8-9(10(11(15)16)18(6)17-8)14-19-12(2,3)13(4,5)20-14/h11H,7H2,1-6H3. The predicted molar refractivity (Wildman–Crippen MR) is 73.3 cm³/mol. The van der Waals surface area contributed by atoms with Gasteiger partial charge in [-0.1, -0.05) is 6.92 Å². The lowest BCUT2D eigenvalue weighted by atomic mass is 9.76. The molecule has 1 fully saturated rings. The summed E-state index contributed by atoms with van der Waals surface area (Å²) in [5.74, 6) is 0. The fraction of sp³-hybridized carbons (Fsp3) is 0.769. The summed E-state index contributed by atoms with van der Waals surface area (Å²) >= 11 is 0. The Bertz CT molecular complexity index is 499. The second-order valence-electron chi connectivity index (χ2n) is 6.11. The topological polar surface area (TPSA) is 36.3 Å². The van der Waals surface area contributed by atoms with Crippen molar-refractivity contribution in [3.8, 4) is 0 Å². The minimum absolute atomic E-state index is 0.125. The highest BCUT2D eigenvalue weighted by atomic mass is 19.3. The highest BCUT2D eigenvalue weighted by molar-refractivity contribution is 6.63. The normalized spacial score (nSPS) is 20.9. The van der Waals surface area contributed by atoms with E-state index < -0.39 is 24.7 Å². The van der Waals surface area contributed by atoms with Crippen LogP contribution in [-0.4, -0.2) is 28.1 Å². The van der Waals surface area contributed by atoms with Gasteiger partial charge in [-0.15, -0.1) is 0 Å². The molecule has 1 aromatic rings. The largest absolute Gasteiger partial charge is 0.498 e. The summed E-state index contributed by atoms with van der Waals surface area (Å²) < 4.78 is 39.6. The zero-order valence-corrected chi connectivity index (χ0v) is 12.8. The van der Waals surface area contributed by atoms with Gasteiger partial charge in [0, 0.05) is 12.5 Å². The highest BCUT2D eigenvalue weighted by Crippen LogP contribution is 2.37. The molecule has 1 aromatic heterocycles. The van der Waals surface area contributed by atoms with Gasteiger partial charge >= 0.3 is 7.12 Å². The van der Waals surface area contributed by atoms with E-state index in [0.717, 1.165) is 0 Å². The molecule has 0 aliphatic carbocycles. The van der Waals surface area contributed by atoms with Crippen molar-refractivity contribution < 1.29 is 18.1 Å². The number of aryl methyl sites for hydroxylation is 2. The molecule has 4 nitrogen and oxygen atoms in total. The number of hydrogen-bond acceptors (Lipinski definition) is 3. The molecule has 0 N–H and O–H groups in total. The Labute approximate surface area is 118 Å². The van der Waals surface area contributed by atoms with E-state index in [-0.39, 0.29) is 5.69 Å². The van der Waals surface area contributed by atoms with E-state index in [1.54, 1.807) is 0 Å². The van der Waals surface area contributed by atoms with E-state index in [0.29, 0.717) is 17.6 Å². The molecule has 7 heteroatoms. The van der Waals surface area contributed by atoms with Gasteiger partial charge in [0.2, 0.25) is 0 Å². The zero-order valence-electron chi connectivity index (χ0n) is 12.8. The van der Waals surface area contributed by atoms with Gasteiger partial charge < -0.3 is 9.31 Å². The molecule has 0 radical (unpaired) electrons. The second-order valence-corrected chi connectivity index (χ2v) is 6.11. The lowest BCUT2D eigenvalue weighted by Gasteiger charge is -2.32. The Balaban J connectivity index is 2.49. The first-order valence-electron chi connectivity index (χ1n) is 6.80. The molecule has 2 heterocycles. The highest BCUT2D eigenvalue weighted by Gasteiger charge is 2.53. The van der Waals surface area contributed by atoms with Crippen molar-refractivity contribution in [2.24, 2.45) is 7.05 Å². The number of alkyl halides is 2. The van der Waals surface area contributed by atoms with Crippen LogP contribution in [0.2, 0.25) is 0 Å². The first kappa shape index (κ1) is 15.4. The Morgan fingerprint density at radius 3 is 2.10 bits per heavy atom. The Hall–Kier alpha value is -0.945. The van der Waals surface area contributed by atoms with Gasteiger partial charge in [-0.25, -0.2) is 8.78 Å². The van der Waals surface area contributed by atoms with Crippen LogP contribution >= 0.6 is 0 Å². The van der Waals surface area contributed by atoms with E-state index in [1.807, 2.05) is 34.6 Å². The number of hydrogen-bond donors (Lipinski definition) is 0. The molecule has 0 amide bonds. The first-order valence-corrected chi connectivity index (χ1v) is 6.80. The van der Waals surface area contributed by atoms with Crippen LogP contribution in [0.5, 0.6) is 0 Å². The quantitative estimate of drug-likeness (QED) is 0.799. The smallest absolute Gasteiger partial charge is 0.399 e. The van der Waals surface area contributed by atoms with Gasteiger partial charge in [-0.05, 0) is 34.1 Å². The summed E-state index contributed by atoms with van der Waals surface area (Å²) in [4.78, 5) is 0. The first-order chi connectivity index (χ1) is 9.10. The van der Waals surface area contributed by atoms with Crippen molar-refractivity contribution in [2.45, 2.75) is 58.7 Å². The van der Waals surface area contributed by atoms with Crippen molar-refractivity contribution in [1.29, 1.82) is 0 Å². The maximum atomic E-state index is 13.3. The summed E-state index contributed by atoms with van der Waals surface area (Å²) in [6.07, 6.45) is -2.05. The van der Waals surface area contributed by atoms with E-state index in [2.05, 4.69) is 5.10 Å². The molecule has 0 bridgehead atoms. The lowest BCUT2D eigenvalue weighted by molar-refractivity contribution is 0.00578. The molecular formula is C13H21BF2N2O2. The molecule has 20 heavy (non-hydrogen) atoms. The van der Waals surface area contributed by atoms with Gasteiger partial charge in [-0.3, -0.25) is 4.68 Å². The predicted octanol–water partition coefficient (Wildman–Crippen LogP) is 2.22. The summed E-state index contributed by atoms with van der Waals surface area (Å²) in [5, 5.41) is 4.17. The average Bonchev–Trinajstić information content (AvgIpc) is 2.73. The number of aromatic nitrogens is 2. The van der Waals surface area contributed by atoms with Gasteiger partial charge in [0.1, 0.15) is 5.69 Å². The third kappa shape index (κ3) is 2.27. The fourth-order valence-electron chi connectivity index (χ4n) is 2.35. The molecule has 0 aromatic carbocycles. The number of nitrogens with zero attached hydrogens (tertiary/aromatic N) is 2. The molecule has 112 valence electrons. The molecule has 0 atom stereocenters. The van der Waals surface area contributed by atoms with Crippen LogP contribution < -0.4 is 5.46 Å². The van der Waals surface area contributed by atoms with E-state index >= 15 is 0 Å². The third-order valence-corrected chi connectivity index (χ3v) is 4.24. The van der Waals surface area contributed by atoms with Crippen LogP contribution in [0.15, 0.2) is 0 Å². The van der Waals surface area contributed by atoms with Gasteiger partial charge in [-0.2, -0.15) is 5.10 Å². The van der Waals surface area contributed by atoms with E-state index in [4.69, 9.17) is 9.31 Å².